The minimum atomic E-state index is -2.76. The third kappa shape index (κ3) is 4.99. The average molecular weight is 463 g/mol. The number of carbonyl (C=O) groups is 1. The summed E-state index contributed by atoms with van der Waals surface area (Å²) in [5.41, 5.74) is 0.510. The first-order chi connectivity index (χ1) is 15.8. The largest absolute Gasteiger partial charge is 0.476 e. The second kappa shape index (κ2) is 9.21. The van der Waals surface area contributed by atoms with Crippen LogP contribution in [0.2, 0.25) is 0 Å². The summed E-state index contributed by atoms with van der Waals surface area (Å²) in [6.07, 6.45) is 0.999. The first-order valence-corrected chi connectivity index (χ1v) is 10.5. The van der Waals surface area contributed by atoms with Crippen LogP contribution < -0.4 is 10.1 Å². The van der Waals surface area contributed by atoms with Gasteiger partial charge in [0.25, 0.3) is 11.8 Å². The zero-order chi connectivity index (χ0) is 23.6. The minimum Gasteiger partial charge on any atom is -0.476 e. The van der Waals surface area contributed by atoms with Gasteiger partial charge in [-0.1, -0.05) is 0 Å². The molecule has 1 amide bonds. The Morgan fingerprint density at radius 3 is 2.67 bits per heavy atom. The molecule has 10 heteroatoms. The molecule has 2 heterocycles. The first kappa shape index (κ1) is 22.8. The quantitative estimate of drug-likeness (QED) is 0.457. The van der Waals surface area contributed by atoms with Gasteiger partial charge in [0.1, 0.15) is 11.6 Å². The lowest BCUT2D eigenvalue weighted by Gasteiger charge is -2.29. The van der Waals surface area contributed by atoms with Crippen molar-refractivity contribution in [2.45, 2.75) is 44.4 Å². The molecule has 0 spiro atoms. The Kier molecular flexibility index (Phi) is 6.35. The number of pyridine rings is 1. The zero-order valence-electron chi connectivity index (χ0n) is 17.7. The highest BCUT2D eigenvalue weighted by Crippen LogP contribution is 2.44. The summed E-state index contributed by atoms with van der Waals surface area (Å²) in [6.45, 7) is 2.06. The van der Waals surface area contributed by atoms with Crippen molar-refractivity contribution in [3.8, 4) is 17.0 Å². The number of hydrogen-bond donors (Lipinski definition) is 1. The standard InChI is InChI=1S/C23H21F4N3O3/c1-2-32-19-12-18(33-30-19)22(31)29-21-15(16-11-14(24)3-4-17(16)25)7-10-28-20(21)13-5-8-23(26,27)9-6-13/h3-4,7,10-13H,2,5-6,8-9H2,1H3,(H,29,31). The van der Waals surface area contributed by atoms with Gasteiger partial charge in [-0.2, -0.15) is 0 Å². The second-order valence-corrected chi connectivity index (χ2v) is 7.79. The molecule has 33 heavy (non-hydrogen) atoms. The van der Waals surface area contributed by atoms with Gasteiger partial charge in [0.05, 0.1) is 24.1 Å². The maximum Gasteiger partial charge on any atom is 0.294 e. The Labute approximate surface area is 186 Å². The number of halogens is 4. The third-order valence-corrected chi connectivity index (χ3v) is 5.55. The van der Waals surface area contributed by atoms with Crippen molar-refractivity contribution in [2.24, 2.45) is 0 Å². The summed E-state index contributed by atoms with van der Waals surface area (Å²) in [5.74, 6) is -5.32. The van der Waals surface area contributed by atoms with Gasteiger partial charge >= 0.3 is 0 Å². The molecule has 4 rings (SSSR count). The number of rotatable bonds is 6. The van der Waals surface area contributed by atoms with E-state index in [0.717, 1.165) is 18.2 Å². The molecule has 0 radical (unpaired) electrons. The van der Waals surface area contributed by atoms with Crippen molar-refractivity contribution >= 4 is 11.6 Å². The molecule has 174 valence electrons. The molecule has 1 aliphatic carbocycles. The average Bonchev–Trinajstić information content (AvgIpc) is 3.25. The van der Waals surface area contributed by atoms with Crippen LogP contribution in [-0.4, -0.2) is 28.6 Å². The lowest BCUT2D eigenvalue weighted by atomic mass is 9.83. The van der Waals surface area contributed by atoms with Crippen molar-refractivity contribution in [2.75, 3.05) is 11.9 Å². The molecule has 1 N–H and O–H groups in total. The Morgan fingerprint density at radius 2 is 1.94 bits per heavy atom. The van der Waals surface area contributed by atoms with Gasteiger partial charge in [0.2, 0.25) is 11.7 Å². The number of amides is 1. The van der Waals surface area contributed by atoms with Gasteiger partial charge in [0, 0.05) is 36.1 Å². The van der Waals surface area contributed by atoms with Crippen molar-refractivity contribution in [1.29, 1.82) is 0 Å². The summed E-state index contributed by atoms with van der Waals surface area (Å²) >= 11 is 0. The van der Waals surface area contributed by atoms with E-state index in [0.29, 0.717) is 12.3 Å². The van der Waals surface area contributed by atoms with Gasteiger partial charge in [-0.15, -0.1) is 0 Å². The molecule has 0 bridgehead atoms. The molecule has 0 unspecified atom stereocenters. The van der Waals surface area contributed by atoms with Gasteiger partial charge in [-0.3, -0.25) is 9.78 Å². The lowest BCUT2D eigenvalue weighted by Crippen LogP contribution is -2.25. The van der Waals surface area contributed by atoms with Gasteiger partial charge in [-0.25, -0.2) is 17.6 Å². The lowest BCUT2D eigenvalue weighted by molar-refractivity contribution is -0.0384. The second-order valence-electron chi connectivity index (χ2n) is 7.79. The Balaban J connectivity index is 1.75. The minimum absolute atomic E-state index is 0.0948. The van der Waals surface area contributed by atoms with E-state index >= 15 is 0 Å². The fraction of sp³-hybridized carbons (Fsp3) is 0.348. The summed E-state index contributed by atoms with van der Waals surface area (Å²) in [6, 6.07) is 5.67. The Bertz CT molecular complexity index is 1160. The predicted molar refractivity (Wildman–Crippen MR) is 111 cm³/mol. The van der Waals surface area contributed by atoms with Crippen LogP contribution in [0.5, 0.6) is 5.88 Å². The smallest absolute Gasteiger partial charge is 0.294 e. The number of alkyl halides is 2. The van der Waals surface area contributed by atoms with E-state index in [-0.39, 0.29) is 54.1 Å². The number of aromatic nitrogens is 2. The predicted octanol–water partition coefficient (Wildman–Crippen LogP) is 5.96. The highest BCUT2D eigenvalue weighted by Gasteiger charge is 2.37. The molecule has 6 nitrogen and oxygen atoms in total. The molecule has 0 atom stereocenters. The van der Waals surface area contributed by atoms with Crippen LogP contribution >= 0.6 is 0 Å². The van der Waals surface area contributed by atoms with Crippen molar-refractivity contribution < 1.29 is 31.6 Å². The molecular formula is C23H21F4N3O3. The molecule has 3 aromatic rings. The molecule has 2 aromatic heterocycles. The van der Waals surface area contributed by atoms with E-state index in [1.165, 1.54) is 18.3 Å². The molecule has 1 saturated carbocycles. The SMILES string of the molecule is CCOc1cc(C(=O)Nc2c(-c3cc(F)ccc3F)ccnc2C2CCC(F)(F)CC2)on1. The highest BCUT2D eigenvalue weighted by atomic mass is 19.3. The van der Waals surface area contributed by atoms with Crippen molar-refractivity contribution in [3.63, 3.8) is 0 Å². The summed E-state index contributed by atoms with van der Waals surface area (Å²) in [4.78, 5) is 17.2. The van der Waals surface area contributed by atoms with E-state index in [2.05, 4.69) is 15.5 Å². The number of hydrogen-bond acceptors (Lipinski definition) is 5. The number of ether oxygens (including phenoxy) is 1. The van der Waals surface area contributed by atoms with Crippen LogP contribution in [0.4, 0.5) is 23.2 Å². The summed E-state index contributed by atoms with van der Waals surface area (Å²) in [7, 11) is 0. The third-order valence-electron chi connectivity index (χ3n) is 5.55. The summed E-state index contributed by atoms with van der Waals surface area (Å²) in [5, 5.41) is 6.28. The van der Waals surface area contributed by atoms with Crippen LogP contribution in [0, 0.1) is 11.6 Å². The molecule has 0 saturated heterocycles. The normalized spacial score (nSPS) is 15.9. The van der Waals surface area contributed by atoms with E-state index in [1.807, 2.05) is 0 Å². The molecule has 1 aliphatic rings. The van der Waals surface area contributed by atoms with E-state index in [1.54, 1.807) is 6.92 Å². The molecule has 1 aromatic carbocycles. The van der Waals surface area contributed by atoms with Crippen molar-refractivity contribution in [3.05, 3.63) is 59.6 Å². The molecule has 0 aliphatic heterocycles. The van der Waals surface area contributed by atoms with Gasteiger partial charge < -0.3 is 14.6 Å². The fourth-order valence-corrected chi connectivity index (χ4v) is 3.92. The van der Waals surface area contributed by atoms with Crippen LogP contribution in [0.1, 0.15) is 54.8 Å². The zero-order valence-corrected chi connectivity index (χ0v) is 17.7. The molecular weight excluding hydrogens is 442 g/mol. The van der Waals surface area contributed by atoms with E-state index in [9.17, 15) is 22.4 Å². The first-order valence-electron chi connectivity index (χ1n) is 10.5. The van der Waals surface area contributed by atoms with Gasteiger partial charge in [-0.05, 0) is 49.2 Å². The fourth-order valence-electron chi connectivity index (χ4n) is 3.92. The van der Waals surface area contributed by atoms with Crippen LogP contribution in [0.3, 0.4) is 0 Å². The number of carbonyl (C=O) groups excluding carboxylic acids is 1. The highest BCUT2D eigenvalue weighted by molar-refractivity contribution is 6.05. The number of nitrogens with one attached hydrogen (secondary N) is 1. The topological polar surface area (TPSA) is 77.2 Å². The van der Waals surface area contributed by atoms with Crippen LogP contribution in [-0.2, 0) is 0 Å². The van der Waals surface area contributed by atoms with Gasteiger partial charge in [0.15, 0.2) is 0 Å². The number of anilines is 1. The maximum atomic E-state index is 14.6. The van der Waals surface area contributed by atoms with Crippen molar-refractivity contribution in [1.82, 2.24) is 10.1 Å². The summed E-state index contributed by atoms with van der Waals surface area (Å²) < 4.78 is 66.2. The maximum absolute atomic E-state index is 14.6. The number of benzene rings is 1. The van der Waals surface area contributed by atoms with Crippen LogP contribution in [0.25, 0.3) is 11.1 Å². The van der Waals surface area contributed by atoms with E-state index < -0.39 is 29.4 Å². The Morgan fingerprint density at radius 1 is 1.18 bits per heavy atom. The monoisotopic (exact) mass is 463 g/mol. The molecule has 1 fully saturated rings. The Hall–Kier alpha value is -3.43. The van der Waals surface area contributed by atoms with Crippen LogP contribution in [0.15, 0.2) is 41.1 Å². The van der Waals surface area contributed by atoms with E-state index in [4.69, 9.17) is 9.26 Å². The number of nitrogens with zero attached hydrogens (tertiary/aromatic N) is 2.